The highest BCUT2D eigenvalue weighted by molar-refractivity contribution is 5.91. The summed E-state index contributed by atoms with van der Waals surface area (Å²) in [5, 5.41) is 12.1. The summed E-state index contributed by atoms with van der Waals surface area (Å²) in [4.78, 5) is 11.6. The lowest BCUT2D eigenvalue weighted by Crippen LogP contribution is -2.25. The number of carbonyl (C=O) groups is 1. The maximum atomic E-state index is 11.6. The van der Waals surface area contributed by atoms with Gasteiger partial charge in [0.25, 0.3) is 0 Å². The van der Waals surface area contributed by atoms with E-state index in [1.807, 2.05) is 25.1 Å². The molecule has 108 valence electrons. The lowest BCUT2D eigenvalue weighted by molar-refractivity contribution is -0.116. The molecule has 1 aromatic carbocycles. The van der Waals surface area contributed by atoms with E-state index in [4.69, 9.17) is 4.74 Å². The van der Waals surface area contributed by atoms with Crippen LogP contribution >= 0.6 is 0 Å². The van der Waals surface area contributed by atoms with Crippen molar-refractivity contribution in [2.24, 2.45) is 0 Å². The molecule has 0 aromatic heterocycles. The molecule has 1 atom stereocenters. The molecule has 1 unspecified atom stereocenters. The van der Waals surface area contributed by atoms with Crippen molar-refractivity contribution in [3.8, 4) is 5.75 Å². The third-order valence-corrected chi connectivity index (χ3v) is 3.39. The Morgan fingerprint density at radius 1 is 1.55 bits per heavy atom. The Balaban J connectivity index is 1.81. The van der Waals surface area contributed by atoms with Crippen molar-refractivity contribution in [2.75, 3.05) is 13.2 Å². The normalized spacial score (nSPS) is 14.9. The van der Waals surface area contributed by atoms with Gasteiger partial charge in [-0.25, -0.2) is 0 Å². The monoisotopic (exact) mass is 275 g/mol. The van der Waals surface area contributed by atoms with Gasteiger partial charge in [-0.15, -0.1) is 0 Å². The molecule has 0 aliphatic carbocycles. The second-order valence-electron chi connectivity index (χ2n) is 4.94. The van der Waals surface area contributed by atoms with Crippen molar-refractivity contribution < 1.29 is 14.6 Å². The van der Waals surface area contributed by atoms with E-state index in [0.29, 0.717) is 19.4 Å². The van der Waals surface area contributed by atoms with Crippen LogP contribution in [0, 0.1) is 0 Å². The van der Waals surface area contributed by atoms with Gasteiger partial charge >= 0.3 is 0 Å². The first-order chi connectivity index (χ1) is 9.69. The number of hydrogen-bond donors (Lipinski definition) is 2. The Bertz CT molecular complexity index is 496. The van der Waals surface area contributed by atoms with Gasteiger partial charge in [-0.2, -0.15) is 0 Å². The van der Waals surface area contributed by atoms with Crippen LogP contribution < -0.4 is 10.1 Å². The Labute approximate surface area is 119 Å². The molecular weight excluding hydrogens is 254 g/mol. The summed E-state index contributed by atoms with van der Waals surface area (Å²) >= 11 is 0. The minimum atomic E-state index is -0.337. The fourth-order valence-corrected chi connectivity index (χ4v) is 2.11. The molecule has 0 radical (unpaired) electrons. The molecule has 1 aromatic rings. The van der Waals surface area contributed by atoms with Gasteiger partial charge in [0.05, 0.1) is 12.7 Å². The molecular formula is C16H21NO3. The Morgan fingerprint density at radius 2 is 2.40 bits per heavy atom. The molecule has 20 heavy (non-hydrogen) atoms. The molecule has 2 N–H and O–H groups in total. The van der Waals surface area contributed by atoms with Crippen molar-refractivity contribution in [3.05, 3.63) is 35.4 Å². The summed E-state index contributed by atoms with van der Waals surface area (Å²) in [5.74, 6) is 0.810. The fraction of sp³-hybridized carbons (Fsp3) is 0.438. The van der Waals surface area contributed by atoms with Gasteiger partial charge in [0, 0.05) is 19.0 Å². The predicted octanol–water partition coefficient (Wildman–Crippen LogP) is 1.91. The van der Waals surface area contributed by atoms with Crippen LogP contribution in [0.4, 0.5) is 0 Å². The number of aliphatic hydroxyl groups is 1. The smallest absolute Gasteiger partial charge is 0.244 e. The molecule has 4 nitrogen and oxygen atoms in total. The zero-order valence-electron chi connectivity index (χ0n) is 11.8. The van der Waals surface area contributed by atoms with Crippen molar-refractivity contribution >= 4 is 12.0 Å². The summed E-state index contributed by atoms with van der Waals surface area (Å²) in [6, 6.07) is 5.93. The van der Waals surface area contributed by atoms with Gasteiger partial charge in [0.1, 0.15) is 5.75 Å². The third-order valence-electron chi connectivity index (χ3n) is 3.39. The first kappa shape index (κ1) is 14.6. The van der Waals surface area contributed by atoms with Gasteiger partial charge in [0.2, 0.25) is 5.91 Å². The lowest BCUT2D eigenvalue weighted by atomic mass is 10.1. The average molecular weight is 275 g/mol. The van der Waals surface area contributed by atoms with Crippen LogP contribution in [0.1, 0.15) is 30.9 Å². The van der Waals surface area contributed by atoms with Crippen molar-refractivity contribution in [1.29, 1.82) is 0 Å². The van der Waals surface area contributed by atoms with Crippen LogP contribution in [-0.2, 0) is 11.2 Å². The summed E-state index contributed by atoms with van der Waals surface area (Å²) in [5.41, 5.74) is 2.19. The average Bonchev–Trinajstić information content (AvgIpc) is 2.92. The van der Waals surface area contributed by atoms with Gasteiger partial charge in [-0.05, 0) is 42.2 Å². The van der Waals surface area contributed by atoms with Gasteiger partial charge in [-0.3, -0.25) is 4.79 Å². The number of amides is 1. The summed E-state index contributed by atoms with van der Waals surface area (Å²) in [6.45, 7) is 3.16. The molecule has 0 bridgehead atoms. The Morgan fingerprint density at radius 3 is 3.20 bits per heavy atom. The highest BCUT2D eigenvalue weighted by atomic mass is 16.5. The molecule has 0 fully saturated rings. The van der Waals surface area contributed by atoms with Gasteiger partial charge in [0.15, 0.2) is 0 Å². The van der Waals surface area contributed by atoms with E-state index in [-0.39, 0.29) is 12.0 Å². The van der Waals surface area contributed by atoms with Gasteiger partial charge in [-0.1, -0.05) is 13.0 Å². The minimum absolute atomic E-state index is 0.134. The minimum Gasteiger partial charge on any atom is -0.493 e. The largest absolute Gasteiger partial charge is 0.493 e. The van der Waals surface area contributed by atoms with Crippen LogP contribution in [0.15, 0.2) is 24.3 Å². The molecule has 1 aliphatic rings. The van der Waals surface area contributed by atoms with Crippen molar-refractivity contribution in [1.82, 2.24) is 5.32 Å². The fourth-order valence-electron chi connectivity index (χ4n) is 2.11. The molecule has 1 heterocycles. The van der Waals surface area contributed by atoms with E-state index >= 15 is 0 Å². The number of hydrogen-bond acceptors (Lipinski definition) is 3. The zero-order valence-corrected chi connectivity index (χ0v) is 11.8. The second-order valence-corrected chi connectivity index (χ2v) is 4.94. The number of aliphatic hydroxyl groups excluding tert-OH is 1. The molecule has 0 saturated heterocycles. The van der Waals surface area contributed by atoms with E-state index in [2.05, 4.69) is 5.32 Å². The Hall–Kier alpha value is -1.81. The Kier molecular flexibility index (Phi) is 5.18. The number of fused-ring (bicyclic) bond motifs is 1. The quantitative estimate of drug-likeness (QED) is 0.780. The lowest BCUT2D eigenvalue weighted by Gasteiger charge is -2.07. The van der Waals surface area contributed by atoms with Crippen molar-refractivity contribution in [2.45, 2.75) is 32.3 Å². The van der Waals surface area contributed by atoms with E-state index in [9.17, 15) is 9.90 Å². The topological polar surface area (TPSA) is 58.6 Å². The van der Waals surface area contributed by atoms with E-state index in [1.165, 1.54) is 11.6 Å². The molecule has 2 rings (SSSR count). The van der Waals surface area contributed by atoms with E-state index in [1.54, 1.807) is 6.08 Å². The molecule has 1 aliphatic heterocycles. The molecule has 0 saturated carbocycles. The highest BCUT2D eigenvalue weighted by Crippen LogP contribution is 2.26. The number of nitrogens with one attached hydrogen (secondary N) is 1. The number of rotatable bonds is 6. The predicted molar refractivity (Wildman–Crippen MR) is 78.6 cm³/mol. The molecule has 4 heteroatoms. The summed E-state index contributed by atoms with van der Waals surface area (Å²) < 4.78 is 5.44. The van der Waals surface area contributed by atoms with Crippen LogP contribution in [-0.4, -0.2) is 30.3 Å². The molecule has 1 amide bonds. The number of benzene rings is 1. The second kappa shape index (κ2) is 7.10. The van der Waals surface area contributed by atoms with Crippen LogP contribution in [0.3, 0.4) is 0 Å². The maximum Gasteiger partial charge on any atom is 0.244 e. The summed E-state index contributed by atoms with van der Waals surface area (Å²) in [6.07, 6.45) is 5.21. The third kappa shape index (κ3) is 4.10. The summed E-state index contributed by atoms with van der Waals surface area (Å²) in [7, 11) is 0. The molecule has 0 spiro atoms. The van der Waals surface area contributed by atoms with Crippen molar-refractivity contribution in [3.63, 3.8) is 0 Å². The highest BCUT2D eigenvalue weighted by Gasteiger charge is 2.11. The SMILES string of the molecule is CCC(O)CCNC(=O)/C=C/c1ccc2c(c1)CCO2. The standard InChI is InChI=1S/C16H21NO3/c1-2-14(18)7-9-17-16(19)6-4-12-3-5-15-13(11-12)8-10-20-15/h3-6,11,14,18H,2,7-10H2,1H3,(H,17,19)/b6-4+. The van der Waals surface area contributed by atoms with E-state index in [0.717, 1.165) is 24.3 Å². The maximum absolute atomic E-state index is 11.6. The van der Waals surface area contributed by atoms with Gasteiger partial charge < -0.3 is 15.2 Å². The van der Waals surface area contributed by atoms with Crippen LogP contribution in [0.5, 0.6) is 5.75 Å². The van der Waals surface area contributed by atoms with Crippen LogP contribution in [0.25, 0.3) is 6.08 Å². The first-order valence-corrected chi connectivity index (χ1v) is 7.08. The number of carbonyl (C=O) groups excluding carboxylic acids is 1. The number of ether oxygens (including phenoxy) is 1. The first-order valence-electron chi connectivity index (χ1n) is 7.08. The van der Waals surface area contributed by atoms with Crippen LogP contribution in [0.2, 0.25) is 0 Å². The zero-order chi connectivity index (χ0) is 14.4. The van der Waals surface area contributed by atoms with E-state index < -0.39 is 0 Å².